The van der Waals surface area contributed by atoms with Gasteiger partial charge in [0.05, 0.1) is 24.0 Å². The lowest BCUT2D eigenvalue weighted by Gasteiger charge is -2.04. The van der Waals surface area contributed by atoms with E-state index >= 15 is 0 Å². The summed E-state index contributed by atoms with van der Waals surface area (Å²) in [7, 11) is 0. The minimum Gasteiger partial charge on any atom is -0.454 e. The number of nitrogens with zero attached hydrogens (tertiary/aromatic N) is 3. The van der Waals surface area contributed by atoms with Crippen LogP contribution in [0.4, 0.5) is 0 Å². The minimum absolute atomic E-state index is 0.149. The summed E-state index contributed by atoms with van der Waals surface area (Å²) in [6.07, 6.45) is 1.48. The van der Waals surface area contributed by atoms with Gasteiger partial charge in [0.15, 0.2) is 11.5 Å². The number of carbonyl (C=O) groups is 1. The average Bonchev–Trinajstić information content (AvgIpc) is 3.28. The number of hydrogen-bond donors (Lipinski definition) is 1. The van der Waals surface area contributed by atoms with E-state index in [-0.39, 0.29) is 12.7 Å². The summed E-state index contributed by atoms with van der Waals surface area (Å²) in [6.45, 7) is 2.47. The summed E-state index contributed by atoms with van der Waals surface area (Å²) in [6, 6.07) is 12.4. The van der Waals surface area contributed by atoms with Crippen LogP contribution >= 0.6 is 23.2 Å². The molecule has 2 aromatic carbocycles. The number of halogens is 2. The maximum absolute atomic E-state index is 12.3. The number of rotatable bonds is 5. The molecule has 0 unspecified atom stereocenters. The Balaban J connectivity index is 1.45. The van der Waals surface area contributed by atoms with E-state index in [1.807, 2.05) is 31.2 Å². The molecule has 0 aliphatic carbocycles. The molecule has 1 N–H and O–H groups in total. The normalized spacial score (nSPS) is 12.5. The Morgan fingerprint density at radius 2 is 1.97 bits per heavy atom. The number of aryl methyl sites for hydroxylation is 1. The van der Waals surface area contributed by atoms with Crippen LogP contribution in [-0.4, -0.2) is 28.7 Å². The highest BCUT2D eigenvalue weighted by atomic mass is 35.5. The van der Waals surface area contributed by atoms with Crippen molar-refractivity contribution >= 4 is 35.3 Å². The van der Waals surface area contributed by atoms with Gasteiger partial charge in [0.2, 0.25) is 6.79 Å². The highest BCUT2D eigenvalue weighted by Gasteiger charge is 2.16. The Kier molecular flexibility index (Phi) is 5.42. The number of hydrogen-bond acceptors (Lipinski definition) is 5. The highest BCUT2D eigenvalue weighted by Crippen LogP contribution is 2.32. The summed E-state index contributed by atoms with van der Waals surface area (Å²) in [5.41, 5.74) is 5.23. The van der Waals surface area contributed by atoms with Gasteiger partial charge in [-0.05, 0) is 42.8 Å². The van der Waals surface area contributed by atoms with Crippen LogP contribution in [0.3, 0.4) is 0 Å². The van der Waals surface area contributed by atoms with Crippen LogP contribution < -0.4 is 14.9 Å². The first-order valence-corrected chi connectivity index (χ1v) is 9.47. The van der Waals surface area contributed by atoms with E-state index in [2.05, 4.69) is 15.6 Å². The fourth-order valence-corrected chi connectivity index (χ4v) is 3.25. The van der Waals surface area contributed by atoms with Crippen molar-refractivity contribution in [2.24, 2.45) is 5.10 Å². The van der Waals surface area contributed by atoms with E-state index in [0.29, 0.717) is 45.0 Å². The van der Waals surface area contributed by atoms with Crippen molar-refractivity contribution in [2.75, 3.05) is 6.79 Å². The number of hydrazone groups is 1. The van der Waals surface area contributed by atoms with E-state index in [4.69, 9.17) is 32.7 Å². The van der Waals surface area contributed by atoms with E-state index in [1.54, 1.807) is 22.9 Å². The Morgan fingerprint density at radius 1 is 1.21 bits per heavy atom. The van der Waals surface area contributed by atoms with Crippen molar-refractivity contribution in [3.8, 4) is 11.5 Å². The molecule has 0 saturated heterocycles. The Hall–Kier alpha value is -3.03. The quantitative estimate of drug-likeness (QED) is 0.489. The zero-order chi connectivity index (χ0) is 20.4. The molecule has 0 radical (unpaired) electrons. The molecule has 1 aliphatic heterocycles. The van der Waals surface area contributed by atoms with Crippen molar-refractivity contribution in [2.45, 2.75) is 13.5 Å². The van der Waals surface area contributed by atoms with Gasteiger partial charge < -0.3 is 9.47 Å². The van der Waals surface area contributed by atoms with Gasteiger partial charge >= 0.3 is 0 Å². The second-order valence-corrected chi connectivity index (χ2v) is 7.14. The van der Waals surface area contributed by atoms with Crippen molar-refractivity contribution in [3.05, 3.63) is 75.0 Å². The molecule has 0 saturated carbocycles. The van der Waals surface area contributed by atoms with Crippen LogP contribution in [0.2, 0.25) is 10.2 Å². The molecule has 0 atom stereocenters. The molecule has 0 fully saturated rings. The number of amides is 1. The summed E-state index contributed by atoms with van der Waals surface area (Å²) in [5.74, 6) is 0.770. The molecule has 9 heteroatoms. The standard InChI is InChI=1S/C20H16Cl2N4O3/c1-12-16(19(22)26(25-12)10-13-2-5-15(21)6-3-13)9-23-24-20(27)14-4-7-17-18(8-14)29-11-28-17/h2-9H,10-11H2,1H3,(H,24,27). The fourth-order valence-electron chi connectivity index (χ4n) is 2.84. The molecule has 3 aromatic rings. The number of carbonyl (C=O) groups excluding carboxylic acids is 1. The minimum atomic E-state index is -0.373. The number of aromatic nitrogens is 2. The monoisotopic (exact) mass is 430 g/mol. The molecule has 148 valence electrons. The van der Waals surface area contributed by atoms with Crippen LogP contribution in [0.1, 0.15) is 27.2 Å². The molecule has 2 heterocycles. The zero-order valence-corrected chi connectivity index (χ0v) is 16.9. The Morgan fingerprint density at radius 3 is 2.76 bits per heavy atom. The number of fused-ring (bicyclic) bond motifs is 1. The molecule has 1 aliphatic rings. The predicted octanol–water partition coefficient (Wildman–Crippen LogP) is 4.04. The third-order valence-corrected chi connectivity index (χ3v) is 5.00. The van der Waals surface area contributed by atoms with Crippen LogP contribution in [0, 0.1) is 6.92 Å². The van der Waals surface area contributed by atoms with Gasteiger partial charge in [0.1, 0.15) is 5.15 Å². The van der Waals surface area contributed by atoms with Crippen molar-refractivity contribution < 1.29 is 14.3 Å². The molecule has 7 nitrogen and oxygen atoms in total. The smallest absolute Gasteiger partial charge is 0.271 e. The lowest BCUT2D eigenvalue weighted by Crippen LogP contribution is -2.17. The fraction of sp³-hybridized carbons (Fsp3) is 0.150. The first-order valence-electron chi connectivity index (χ1n) is 8.71. The van der Waals surface area contributed by atoms with Gasteiger partial charge in [-0.3, -0.25) is 4.79 Å². The van der Waals surface area contributed by atoms with Crippen LogP contribution in [0.5, 0.6) is 11.5 Å². The van der Waals surface area contributed by atoms with Crippen molar-refractivity contribution in [1.82, 2.24) is 15.2 Å². The van der Waals surface area contributed by atoms with Gasteiger partial charge in [-0.25, -0.2) is 10.1 Å². The average molecular weight is 431 g/mol. The van der Waals surface area contributed by atoms with Crippen molar-refractivity contribution in [3.63, 3.8) is 0 Å². The summed E-state index contributed by atoms with van der Waals surface area (Å²) >= 11 is 12.4. The topological polar surface area (TPSA) is 77.7 Å². The Labute approximate surface area is 176 Å². The molecule has 4 rings (SSSR count). The Bertz CT molecular complexity index is 1090. The molecular weight excluding hydrogens is 415 g/mol. The van der Waals surface area contributed by atoms with Crippen LogP contribution in [0.15, 0.2) is 47.6 Å². The first-order chi connectivity index (χ1) is 14.0. The molecule has 1 amide bonds. The summed E-state index contributed by atoms with van der Waals surface area (Å²) in [5, 5.41) is 9.55. The second-order valence-electron chi connectivity index (χ2n) is 6.34. The number of nitrogens with one attached hydrogen (secondary N) is 1. The lowest BCUT2D eigenvalue weighted by molar-refractivity contribution is 0.0954. The third-order valence-electron chi connectivity index (χ3n) is 4.35. The van der Waals surface area contributed by atoms with Crippen LogP contribution in [-0.2, 0) is 6.54 Å². The van der Waals surface area contributed by atoms with Gasteiger partial charge in [0.25, 0.3) is 5.91 Å². The lowest BCUT2D eigenvalue weighted by atomic mass is 10.2. The maximum atomic E-state index is 12.3. The predicted molar refractivity (Wildman–Crippen MR) is 110 cm³/mol. The maximum Gasteiger partial charge on any atom is 0.271 e. The number of benzene rings is 2. The van der Waals surface area contributed by atoms with Gasteiger partial charge in [-0.1, -0.05) is 35.3 Å². The number of ether oxygens (including phenoxy) is 2. The van der Waals surface area contributed by atoms with E-state index in [9.17, 15) is 4.79 Å². The zero-order valence-electron chi connectivity index (χ0n) is 15.4. The van der Waals surface area contributed by atoms with E-state index < -0.39 is 0 Å². The largest absolute Gasteiger partial charge is 0.454 e. The third kappa shape index (κ3) is 4.21. The van der Waals surface area contributed by atoms with Crippen molar-refractivity contribution in [1.29, 1.82) is 0 Å². The summed E-state index contributed by atoms with van der Waals surface area (Å²) in [4.78, 5) is 12.3. The highest BCUT2D eigenvalue weighted by molar-refractivity contribution is 6.32. The summed E-state index contributed by atoms with van der Waals surface area (Å²) < 4.78 is 12.2. The van der Waals surface area contributed by atoms with Gasteiger partial charge in [-0.15, -0.1) is 0 Å². The van der Waals surface area contributed by atoms with Crippen LogP contribution in [0.25, 0.3) is 0 Å². The van der Waals surface area contributed by atoms with Gasteiger partial charge in [0, 0.05) is 10.6 Å². The molecule has 1 aromatic heterocycles. The molecule has 0 spiro atoms. The molecule has 0 bridgehead atoms. The molecular formula is C20H16Cl2N4O3. The first kappa shape index (κ1) is 19.3. The second kappa shape index (κ2) is 8.14. The van der Waals surface area contributed by atoms with E-state index in [0.717, 1.165) is 5.56 Å². The van der Waals surface area contributed by atoms with E-state index in [1.165, 1.54) is 6.21 Å². The van der Waals surface area contributed by atoms with Gasteiger partial charge in [-0.2, -0.15) is 10.2 Å². The molecule has 29 heavy (non-hydrogen) atoms. The SMILES string of the molecule is Cc1nn(Cc2ccc(Cl)cc2)c(Cl)c1C=NNC(=O)c1ccc2c(c1)OCO2.